The topological polar surface area (TPSA) is 82.1 Å². The maximum Gasteiger partial charge on any atom is 0.272 e. The van der Waals surface area contributed by atoms with Gasteiger partial charge in [-0.15, -0.1) is 0 Å². The van der Waals surface area contributed by atoms with Crippen molar-refractivity contribution in [3.8, 4) is 11.4 Å². The largest absolute Gasteiger partial charge is 0.338 e. The lowest BCUT2D eigenvalue weighted by atomic mass is 9.95. The van der Waals surface area contributed by atoms with Crippen molar-refractivity contribution in [1.29, 1.82) is 0 Å². The summed E-state index contributed by atoms with van der Waals surface area (Å²) in [6.07, 6.45) is 1.35. The summed E-state index contributed by atoms with van der Waals surface area (Å²) < 4.78 is 18.5. The lowest BCUT2D eigenvalue weighted by Gasteiger charge is -2.14. The number of nitro benzene ring substituents is 1. The summed E-state index contributed by atoms with van der Waals surface area (Å²) in [5.41, 5.74) is 0.310. The van der Waals surface area contributed by atoms with Crippen LogP contribution < -0.4 is 0 Å². The Kier molecular flexibility index (Phi) is 3.93. The third kappa shape index (κ3) is 2.73. The molecule has 26 heavy (non-hydrogen) atoms. The summed E-state index contributed by atoms with van der Waals surface area (Å²) in [7, 11) is 0. The average Bonchev–Trinajstić information content (AvgIpc) is 3.22. The molecule has 0 spiro atoms. The maximum atomic E-state index is 13.1. The van der Waals surface area contributed by atoms with E-state index in [9.17, 15) is 14.5 Å². The van der Waals surface area contributed by atoms with Crippen molar-refractivity contribution in [3.05, 3.63) is 73.8 Å². The van der Waals surface area contributed by atoms with Gasteiger partial charge in [0.25, 0.3) is 5.69 Å². The molecule has 0 aliphatic heterocycles. The van der Waals surface area contributed by atoms with Gasteiger partial charge >= 0.3 is 0 Å². The van der Waals surface area contributed by atoms with Gasteiger partial charge in [0.1, 0.15) is 5.82 Å². The second-order valence-electron chi connectivity index (χ2n) is 6.05. The molecule has 6 nitrogen and oxygen atoms in total. The van der Waals surface area contributed by atoms with Gasteiger partial charge in [-0.25, -0.2) is 4.39 Å². The summed E-state index contributed by atoms with van der Waals surface area (Å²) in [5, 5.41) is 15.3. The number of nitro groups is 1. The van der Waals surface area contributed by atoms with E-state index in [0.717, 1.165) is 0 Å². The highest BCUT2D eigenvalue weighted by Crippen LogP contribution is 2.57. The minimum absolute atomic E-state index is 0.183. The van der Waals surface area contributed by atoms with E-state index < -0.39 is 10.3 Å². The monoisotopic (exact) mass is 393 g/mol. The third-order valence-electron chi connectivity index (χ3n) is 4.40. The molecular formula is C17H10Cl2FN3O3. The molecule has 0 atom stereocenters. The van der Waals surface area contributed by atoms with Crippen LogP contribution in [0.15, 0.2) is 40.9 Å². The Morgan fingerprint density at radius 1 is 1.15 bits per heavy atom. The Morgan fingerprint density at radius 2 is 1.77 bits per heavy atom. The molecule has 1 heterocycles. The van der Waals surface area contributed by atoms with E-state index >= 15 is 0 Å². The number of hydrogen-bond donors (Lipinski definition) is 0. The molecule has 0 bridgehead atoms. The molecule has 3 aromatic rings. The van der Waals surface area contributed by atoms with E-state index in [0.29, 0.717) is 35.7 Å². The molecule has 0 amide bonds. The number of aromatic nitrogens is 2. The lowest BCUT2D eigenvalue weighted by Crippen LogP contribution is -2.11. The standard InChI is InChI=1S/C17H10Cl2FN3O3/c18-12-7-11(23(24)25)8-13(19)14(12)17(5-6-17)16-21-15(22-26-16)9-1-3-10(20)4-2-9/h1-4,7-8H,5-6H2. The van der Waals surface area contributed by atoms with E-state index in [2.05, 4.69) is 10.1 Å². The molecule has 1 fully saturated rings. The predicted molar refractivity (Wildman–Crippen MR) is 92.8 cm³/mol. The van der Waals surface area contributed by atoms with Crippen molar-refractivity contribution >= 4 is 28.9 Å². The van der Waals surface area contributed by atoms with Gasteiger partial charge in [0.05, 0.1) is 20.4 Å². The Labute approximate surface area is 156 Å². The highest BCUT2D eigenvalue weighted by Gasteiger charge is 2.53. The van der Waals surface area contributed by atoms with Gasteiger partial charge < -0.3 is 4.52 Å². The molecule has 1 aliphatic carbocycles. The molecule has 0 unspecified atom stereocenters. The smallest absolute Gasteiger partial charge is 0.272 e. The molecule has 0 N–H and O–H groups in total. The summed E-state index contributed by atoms with van der Waals surface area (Å²) in [5.74, 6) is 0.287. The van der Waals surface area contributed by atoms with Crippen molar-refractivity contribution in [2.24, 2.45) is 0 Å². The van der Waals surface area contributed by atoms with E-state index in [1.54, 1.807) is 12.1 Å². The van der Waals surface area contributed by atoms with Crippen LogP contribution in [0, 0.1) is 15.9 Å². The van der Waals surface area contributed by atoms with Crippen LogP contribution in [0.25, 0.3) is 11.4 Å². The quantitative estimate of drug-likeness (QED) is 0.450. The Morgan fingerprint density at radius 3 is 2.31 bits per heavy atom. The Bertz CT molecular complexity index is 993. The van der Waals surface area contributed by atoms with Gasteiger partial charge in [-0.1, -0.05) is 28.4 Å². The normalized spacial score (nSPS) is 15.0. The SMILES string of the molecule is O=[N+]([O-])c1cc(Cl)c(C2(c3nc(-c4ccc(F)cc4)no3)CC2)c(Cl)c1. The maximum absolute atomic E-state index is 13.1. The third-order valence-corrected chi connectivity index (χ3v) is 5.00. The molecular weight excluding hydrogens is 384 g/mol. The zero-order valence-corrected chi connectivity index (χ0v) is 14.6. The van der Waals surface area contributed by atoms with E-state index in [1.165, 1.54) is 24.3 Å². The van der Waals surface area contributed by atoms with Crippen molar-refractivity contribution in [2.45, 2.75) is 18.3 Å². The first-order valence-electron chi connectivity index (χ1n) is 7.65. The van der Waals surface area contributed by atoms with Crippen molar-refractivity contribution in [2.75, 3.05) is 0 Å². The molecule has 1 aliphatic rings. The number of halogens is 3. The molecule has 0 radical (unpaired) electrons. The minimum atomic E-state index is -0.658. The number of hydrogen-bond acceptors (Lipinski definition) is 5. The molecule has 0 saturated heterocycles. The van der Waals surface area contributed by atoms with E-state index in [4.69, 9.17) is 27.7 Å². The summed E-state index contributed by atoms with van der Waals surface area (Å²) in [6.45, 7) is 0. The molecule has 9 heteroatoms. The van der Waals surface area contributed by atoms with Gasteiger partial charge in [-0.2, -0.15) is 4.98 Å². The first kappa shape index (κ1) is 16.9. The second-order valence-corrected chi connectivity index (χ2v) is 6.87. The van der Waals surface area contributed by atoms with Crippen LogP contribution >= 0.6 is 23.2 Å². The van der Waals surface area contributed by atoms with Crippen molar-refractivity contribution in [3.63, 3.8) is 0 Å². The number of rotatable bonds is 4. The van der Waals surface area contributed by atoms with Crippen LogP contribution in [0.1, 0.15) is 24.3 Å². The number of non-ortho nitro benzene ring substituents is 1. The summed E-state index contributed by atoms with van der Waals surface area (Å²) in [4.78, 5) is 14.8. The number of benzene rings is 2. The van der Waals surface area contributed by atoms with Crippen LogP contribution in [0.5, 0.6) is 0 Å². The Hall–Kier alpha value is -2.51. The zero-order valence-electron chi connectivity index (χ0n) is 13.1. The van der Waals surface area contributed by atoms with Crippen LogP contribution in [0.4, 0.5) is 10.1 Å². The highest BCUT2D eigenvalue weighted by atomic mass is 35.5. The van der Waals surface area contributed by atoms with Crippen LogP contribution in [0.2, 0.25) is 10.0 Å². The second kappa shape index (κ2) is 6.03. The van der Waals surface area contributed by atoms with Gasteiger partial charge in [0, 0.05) is 23.3 Å². The van der Waals surface area contributed by atoms with E-state index in [1.807, 2.05) is 0 Å². The van der Waals surface area contributed by atoms with Gasteiger partial charge in [-0.3, -0.25) is 10.1 Å². The summed E-state index contributed by atoms with van der Waals surface area (Å²) >= 11 is 12.5. The minimum Gasteiger partial charge on any atom is -0.338 e. The van der Waals surface area contributed by atoms with Crippen LogP contribution in [-0.2, 0) is 5.41 Å². The van der Waals surface area contributed by atoms with Crippen LogP contribution in [-0.4, -0.2) is 15.1 Å². The van der Waals surface area contributed by atoms with E-state index in [-0.39, 0.29) is 21.5 Å². The van der Waals surface area contributed by atoms with Gasteiger partial charge in [0.15, 0.2) is 0 Å². The molecule has 4 rings (SSSR count). The zero-order chi connectivity index (χ0) is 18.5. The van der Waals surface area contributed by atoms with Gasteiger partial charge in [-0.05, 0) is 37.1 Å². The fourth-order valence-electron chi connectivity index (χ4n) is 2.95. The number of nitrogens with zero attached hydrogens (tertiary/aromatic N) is 3. The Balaban J connectivity index is 1.75. The van der Waals surface area contributed by atoms with Gasteiger partial charge in [0.2, 0.25) is 11.7 Å². The highest BCUT2D eigenvalue weighted by molar-refractivity contribution is 6.36. The van der Waals surface area contributed by atoms with Crippen molar-refractivity contribution in [1.82, 2.24) is 10.1 Å². The summed E-state index contributed by atoms with van der Waals surface area (Å²) in [6, 6.07) is 8.25. The van der Waals surface area contributed by atoms with Crippen molar-refractivity contribution < 1.29 is 13.8 Å². The average molecular weight is 394 g/mol. The molecule has 1 saturated carbocycles. The van der Waals surface area contributed by atoms with Crippen LogP contribution in [0.3, 0.4) is 0 Å². The lowest BCUT2D eigenvalue weighted by molar-refractivity contribution is -0.384. The molecule has 132 valence electrons. The first-order chi connectivity index (χ1) is 12.4. The fraction of sp³-hybridized carbons (Fsp3) is 0.176. The predicted octanol–water partition coefficient (Wildman–Crippen LogP) is 5.17. The fourth-order valence-corrected chi connectivity index (χ4v) is 3.79. The molecule has 1 aromatic heterocycles. The first-order valence-corrected chi connectivity index (χ1v) is 8.40. The molecule has 2 aromatic carbocycles.